The Balaban J connectivity index is 1.70. The van der Waals surface area contributed by atoms with E-state index in [0.29, 0.717) is 60.4 Å². The second-order valence-corrected chi connectivity index (χ2v) is 8.94. The molecule has 1 amide bonds. The number of likely N-dealkylation sites (N-methyl/N-ethyl adjacent to an activating group) is 1. The van der Waals surface area contributed by atoms with Gasteiger partial charge in [-0.1, -0.05) is 11.3 Å². The molecule has 1 fully saturated rings. The first-order valence-corrected chi connectivity index (χ1v) is 11.3. The Morgan fingerprint density at radius 1 is 1.21 bits per heavy atom. The van der Waals surface area contributed by atoms with Crippen molar-refractivity contribution < 1.29 is 18.8 Å². The topological polar surface area (TPSA) is 92.0 Å². The summed E-state index contributed by atoms with van der Waals surface area (Å²) in [6.07, 6.45) is 0. The van der Waals surface area contributed by atoms with Crippen LogP contribution in [-0.4, -0.2) is 74.2 Å². The molecule has 0 radical (unpaired) electrons. The Morgan fingerprint density at radius 3 is 2.67 bits per heavy atom. The zero-order chi connectivity index (χ0) is 23.5. The van der Waals surface area contributed by atoms with Crippen molar-refractivity contribution in [1.82, 2.24) is 9.88 Å². The van der Waals surface area contributed by atoms with Gasteiger partial charge in [-0.05, 0) is 44.4 Å². The number of nitrogens with zero attached hydrogens (tertiary/aromatic N) is 5. The minimum Gasteiger partial charge on any atom is -0.378 e. The van der Waals surface area contributed by atoms with Crippen LogP contribution >= 0.6 is 11.3 Å². The minimum atomic E-state index is -0.466. The van der Waals surface area contributed by atoms with Crippen LogP contribution < -0.4 is 9.80 Å². The van der Waals surface area contributed by atoms with E-state index < -0.39 is 10.8 Å². The van der Waals surface area contributed by atoms with Gasteiger partial charge in [0.2, 0.25) is 0 Å². The van der Waals surface area contributed by atoms with Crippen LogP contribution in [0, 0.1) is 15.9 Å². The molecule has 0 aliphatic carbocycles. The fraction of sp³-hybridized carbons (Fsp3) is 0.364. The highest BCUT2D eigenvalue weighted by Crippen LogP contribution is 2.33. The lowest BCUT2D eigenvalue weighted by Crippen LogP contribution is -2.37. The number of nitro benzene ring substituents is 1. The maximum Gasteiger partial charge on any atom is 0.293 e. The summed E-state index contributed by atoms with van der Waals surface area (Å²) >= 11 is 1.21. The van der Waals surface area contributed by atoms with E-state index in [4.69, 9.17) is 4.74 Å². The molecule has 1 aromatic heterocycles. The first-order chi connectivity index (χ1) is 15.8. The van der Waals surface area contributed by atoms with Crippen LogP contribution in [0.1, 0.15) is 10.4 Å². The molecular weight excluding hydrogens is 449 g/mol. The minimum absolute atomic E-state index is 0.123. The molecule has 0 N–H and O–H groups in total. The summed E-state index contributed by atoms with van der Waals surface area (Å²) in [6, 6.07) is 8.83. The molecule has 0 atom stereocenters. The van der Waals surface area contributed by atoms with Gasteiger partial charge in [-0.15, -0.1) is 0 Å². The number of thiazole rings is 1. The number of halogens is 1. The maximum atomic E-state index is 13.7. The Morgan fingerprint density at radius 2 is 1.97 bits per heavy atom. The lowest BCUT2D eigenvalue weighted by Gasteiger charge is -2.28. The lowest BCUT2D eigenvalue weighted by atomic mass is 10.1. The molecule has 9 nitrogen and oxygen atoms in total. The van der Waals surface area contributed by atoms with Gasteiger partial charge in [0.1, 0.15) is 11.5 Å². The number of morpholine rings is 1. The highest BCUT2D eigenvalue weighted by molar-refractivity contribution is 7.22. The van der Waals surface area contributed by atoms with Crippen LogP contribution in [0.25, 0.3) is 10.2 Å². The Bertz CT molecular complexity index is 1180. The molecule has 1 aliphatic heterocycles. The fourth-order valence-electron chi connectivity index (χ4n) is 3.62. The second kappa shape index (κ2) is 9.77. The molecule has 0 bridgehead atoms. The lowest BCUT2D eigenvalue weighted by molar-refractivity contribution is -0.384. The van der Waals surface area contributed by atoms with Gasteiger partial charge in [0.15, 0.2) is 5.13 Å². The van der Waals surface area contributed by atoms with Crippen molar-refractivity contribution in [2.24, 2.45) is 0 Å². The summed E-state index contributed by atoms with van der Waals surface area (Å²) in [4.78, 5) is 34.7. The van der Waals surface area contributed by atoms with E-state index >= 15 is 0 Å². The number of benzene rings is 2. The third-order valence-electron chi connectivity index (χ3n) is 5.36. The molecule has 0 spiro atoms. The van der Waals surface area contributed by atoms with Crippen LogP contribution in [0.5, 0.6) is 0 Å². The average Bonchev–Trinajstić information content (AvgIpc) is 3.21. The van der Waals surface area contributed by atoms with Crippen molar-refractivity contribution in [3.63, 3.8) is 0 Å². The summed E-state index contributed by atoms with van der Waals surface area (Å²) < 4.78 is 19.6. The number of hydrogen-bond acceptors (Lipinski definition) is 8. The predicted molar refractivity (Wildman–Crippen MR) is 126 cm³/mol. The van der Waals surface area contributed by atoms with Crippen molar-refractivity contribution in [2.75, 3.05) is 63.3 Å². The Hall–Kier alpha value is -3.15. The zero-order valence-electron chi connectivity index (χ0n) is 18.4. The summed E-state index contributed by atoms with van der Waals surface area (Å²) in [5.74, 6) is -0.772. The van der Waals surface area contributed by atoms with Gasteiger partial charge in [-0.25, -0.2) is 9.37 Å². The summed E-state index contributed by atoms with van der Waals surface area (Å²) in [5.41, 5.74) is 1.13. The standard InChI is InChI=1S/C22H24FN5O4S/c1-25(2)7-8-27(22-24-17-5-4-16(23)14-20(17)33-22)21(29)15-3-6-18(19(13-15)28(30)31)26-9-11-32-12-10-26/h3-6,13-14H,7-12H2,1-2H3. The number of anilines is 2. The molecule has 1 saturated heterocycles. The van der Waals surface area contributed by atoms with Crippen molar-refractivity contribution in [3.05, 3.63) is 57.9 Å². The number of carbonyl (C=O) groups is 1. The van der Waals surface area contributed by atoms with Gasteiger partial charge in [-0.2, -0.15) is 0 Å². The van der Waals surface area contributed by atoms with E-state index in [1.165, 1.54) is 34.4 Å². The number of hydrogen-bond donors (Lipinski definition) is 0. The van der Waals surface area contributed by atoms with Gasteiger partial charge in [0, 0.05) is 37.8 Å². The molecule has 0 saturated carbocycles. The average molecular weight is 474 g/mol. The maximum absolute atomic E-state index is 13.7. The zero-order valence-corrected chi connectivity index (χ0v) is 19.2. The summed E-state index contributed by atoms with van der Waals surface area (Å²) in [7, 11) is 3.77. The van der Waals surface area contributed by atoms with Gasteiger partial charge in [-0.3, -0.25) is 19.8 Å². The second-order valence-electron chi connectivity index (χ2n) is 7.93. The molecule has 2 heterocycles. The number of rotatable bonds is 7. The molecule has 4 rings (SSSR count). The third-order valence-corrected chi connectivity index (χ3v) is 6.40. The van der Waals surface area contributed by atoms with Gasteiger partial charge in [0.05, 0.1) is 28.4 Å². The summed E-state index contributed by atoms with van der Waals surface area (Å²) in [5, 5.41) is 12.2. The Labute approximate surface area is 194 Å². The fourth-order valence-corrected chi connectivity index (χ4v) is 4.63. The molecule has 11 heteroatoms. The first-order valence-electron chi connectivity index (χ1n) is 10.5. The van der Waals surface area contributed by atoms with Crippen LogP contribution in [0.15, 0.2) is 36.4 Å². The number of aromatic nitrogens is 1. The largest absolute Gasteiger partial charge is 0.378 e. The van der Waals surface area contributed by atoms with Gasteiger partial charge < -0.3 is 14.5 Å². The SMILES string of the molecule is CN(C)CCN(C(=O)c1ccc(N2CCOCC2)c([N+](=O)[O-])c1)c1nc2ccc(F)cc2s1. The molecular formula is C22H24FN5O4S. The molecule has 33 heavy (non-hydrogen) atoms. The normalized spacial score (nSPS) is 14.1. The monoisotopic (exact) mass is 473 g/mol. The molecule has 3 aromatic rings. The van der Waals surface area contributed by atoms with Gasteiger partial charge >= 0.3 is 0 Å². The molecule has 174 valence electrons. The summed E-state index contributed by atoms with van der Waals surface area (Å²) in [6.45, 7) is 2.97. The number of fused-ring (bicyclic) bond motifs is 1. The molecule has 2 aromatic carbocycles. The first kappa shape index (κ1) is 23.0. The van der Waals surface area contributed by atoms with Crippen molar-refractivity contribution in [2.45, 2.75) is 0 Å². The highest BCUT2D eigenvalue weighted by Gasteiger charge is 2.27. The van der Waals surface area contributed by atoms with E-state index in [1.54, 1.807) is 18.2 Å². The van der Waals surface area contributed by atoms with Crippen LogP contribution in [0.3, 0.4) is 0 Å². The smallest absolute Gasteiger partial charge is 0.293 e. The molecule has 1 aliphatic rings. The predicted octanol–water partition coefficient (Wildman–Crippen LogP) is 3.39. The number of carbonyl (C=O) groups excluding carboxylic acids is 1. The van der Waals surface area contributed by atoms with Crippen LogP contribution in [0.2, 0.25) is 0 Å². The van der Waals surface area contributed by atoms with Crippen molar-refractivity contribution in [3.8, 4) is 0 Å². The van der Waals surface area contributed by atoms with E-state index in [9.17, 15) is 19.3 Å². The Kier molecular flexibility index (Phi) is 6.82. The quantitative estimate of drug-likeness (QED) is 0.384. The van der Waals surface area contributed by atoms with Crippen LogP contribution in [-0.2, 0) is 4.74 Å². The van der Waals surface area contributed by atoms with E-state index in [0.717, 1.165) is 0 Å². The highest BCUT2D eigenvalue weighted by atomic mass is 32.1. The third kappa shape index (κ3) is 5.10. The van der Waals surface area contributed by atoms with E-state index in [1.807, 2.05) is 23.9 Å². The van der Waals surface area contributed by atoms with E-state index in [2.05, 4.69) is 4.98 Å². The van der Waals surface area contributed by atoms with Gasteiger partial charge in [0.25, 0.3) is 11.6 Å². The molecule has 0 unspecified atom stereocenters. The number of nitro groups is 1. The van der Waals surface area contributed by atoms with Crippen LogP contribution in [0.4, 0.5) is 20.9 Å². The van der Waals surface area contributed by atoms with E-state index in [-0.39, 0.29) is 17.1 Å². The van der Waals surface area contributed by atoms with Crippen molar-refractivity contribution >= 4 is 44.0 Å². The van der Waals surface area contributed by atoms with Crippen molar-refractivity contribution in [1.29, 1.82) is 0 Å². The number of amides is 1. The number of ether oxygens (including phenoxy) is 1.